The van der Waals surface area contributed by atoms with Gasteiger partial charge in [0.2, 0.25) is 0 Å². The van der Waals surface area contributed by atoms with Gasteiger partial charge in [0.05, 0.1) is 18.0 Å². The Morgan fingerprint density at radius 2 is 2.00 bits per heavy atom. The minimum absolute atomic E-state index is 0.0392. The van der Waals surface area contributed by atoms with Crippen LogP contribution >= 0.6 is 27.3 Å². The number of ether oxygens (including phenoxy) is 1. The number of nitrogens with zero attached hydrogens (tertiary/aromatic N) is 4. The minimum atomic E-state index is -0.277. The summed E-state index contributed by atoms with van der Waals surface area (Å²) in [5.74, 6) is -0.0392. The molecule has 4 rings (SSSR count). The van der Waals surface area contributed by atoms with Crippen LogP contribution in [-0.2, 0) is 11.3 Å². The van der Waals surface area contributed by atoms with E-state index in [1.54, 1.807) is 31.4 Å². The van der Waals surface area contributed by atoms with Crippen LogP contribution in [0.2, 0.25) is 0 Å². The highest BCUT2D eigenvalue weighted by molar-refractivity contribution is 9.10. The molecule has 4 aromatic rings. The lowest BCUT2D eigenvalue weighted by molar-refractivity contribution is 0.101. The molecule has 0 radical (unpaired) electrons. The van der Waals surface area contributed by atoms with E-state index in [1.807, 2.05) is 6.92 Å². The van der Waals surface area contributed by atoms with Gasteiger partial charge in [0.1, 0.15) is 15.0 Å². The highest BCUT2D eigenvalue weighted by Gasteiger charge is 2.20. The summed E-state index contributed by atoms with van der Waals surface area (Å²) in [7, 11) is 1.62. The summed E-state index contributed by atoms with van der Waals surface area (Å²) in [4.78, 5) is 29.9. The summed E-state index contributed by atoms with van der Waals surface area (Å²) >= 11 is 4.85. The molecule has 1 aromatic carbocycles. The van der Waals surface area contributed by atoms with Crippen LogP contribution in [0.5, 0.6) is 0 Å². The van der Waals surface area contributed by atoms with E-state index in [4.69, 9.17) is 4.74 Å². The molecule has 0 spiro atoms. The standard InChI is InChI=1S/C19H15BrN4O3S/c1-9-15(20)13(8-27-3)14-16-17(28-18(14)21-9)19(26)24(23-22-16)12-6-4-11(5-7-12)10(2)25/h4-7H,8H2,1-3H3. The number of pyridine rings is 1. The number of thiophene rings is 1. The number of methoxy groups -OCH3 is 1. The normalized spacial score (nSPS) is 11.4. The molecule has 0 fully saturated rings. The summed E-state index contributed by atoms with van der Waals surface area (Å²) in [5.41, 5.74) is 3.07. The second-order valence-electron chi connectivity index (χ2n) is 6.29. The van der Waals surface area contributed by atoms with Crippen molar-refractivity contribution in [3.05, 3.63) is 55.9 Å². The third-order valence-corrected chi connectivity index (χ3v) is 6.56. The molecular weight excluding hydrogens is 444 g/mol. The smallest absolute Gasteiger partial charge is 0.292 e. The molecule has 7 nitrogen and oxygen atoms in total. The first-order chi connectivity index (χ1) is 13.4. The number of aryl methyl sites for hydroxylation is 1. The molecule has 28 heavy (non-hydrogen) atoms. The van der Waals surface area contributed by atoms with Crippen molar-refractivity contribution in [2.45, 2.75) is 20.5 Å². The maximum Gasteiger partial charge on any atom is 0.292 e. The number of carbonyl (C=O) groups excluding carboxylic acids is 1. The quantitative estimate of drug-likeness (QED) is 0.432. The monoisotopic (exact) mass is 458 g/mol. The lowest BCUT2D eigenvalue weighted by Crippen LogP contribution is -2.21. The number of rotatable bonds is 4. The predicted octanol–water partition coefficient (Wildman–Crippen LogP) is 3.81. The van der Waals surface area contributed by atoms with Crippen molar-refractivity contribution in [3.8, 4) is 5.69 Å². The molecule has 0 bridgehead atoms. The number of hydrogen-bond acceptors (Lipinski definition) is 7. The largest absolute Gasteiger partial charge is 0.380 e. The van der Waals surface area contributed by atoms with Crippen LogP contribution in [0, 0.1) is 6.92 Å². The Bertz CT molecular complexity index is 1300. The van der Waals surface area contributed by atoms with Crippen LogP contribution in [0.4, 0.5) is 0 Å². The van der Waals surface area contributed by atoms with Gasteiger partial charge in [-0.3, -0.25) is 9.59 Å². The molecular formula is C19H15BrN4O3S. The van der Waals surface area contributed by atoms with Gasteiger partial charge in [-0.25, -0.2) is 4.98 Å². The molecule has 3 heterocycles. The maximum absolute atomic E-state index is 13.1. The maximum atomic E-state index is 13.1. The lowest BCUT2D eigenvalue weighted by atomic mass is 10.1. The zero-order chi connectivity index (χ0) is 20.0. The van der Waals surface area contributed by atoms with Crippen LogP contribution in [-0.4, -0.2) is 32.9 Å². The van der Waals surface area contributed by atoms with Crippen molar-refractivity contribution in [2.24, 2.45) is 0 Å². The first-order valence-electron chi connectivity index (χ1n) is 8.40. The Balaban J connectivity index is 1.97. The summed E-state index contributed by atoms with van der Waals surface area (Å²) in [6.45, 7) is 3.76. The molecule has 0 aliphatic carbocycles. The number of fused-ring (bicyclic) bond motifs is 3. The Morgan fingerprint density at radius 1 is 1.29 bits per heavy atom. The van der Waals surface area contributed by atoms with Crippen LogP contribution in [0.3, 0.4) is 0 Å². The average molecular weight is 459 g/mol. The van der Waals surface area contributed by atoms with E-state index in [0.717, 1.165) is 25.9 Å². The van der Waals surface area contributed by atoms with Crippen molar-refractivity contribution in [1.29, 1.82) is 0 Å². The van der Waals surface area contributed by atoms with Gasteiger partial charge in [0.15, 0.2) is 5.78 Å². The van der Waals surface area contributed by atoms with Crippen molar-refractivity contribution < 1.29 is 9.53 Å². The summed E-state index contributed by atoms with van der Waals surface area (Å²) in [6, 6.07) is 6.70. The molecule has 0 aliphatic heterocycles. The van der Waals surface area contributed by atoms with E-state index < -0.39 is 0 Å². The second kappa shape index (κ2) is 7.16. The van der Waals surface area contributed by atoms with E-state index in [2.05, 4.69) is 31.2 Å². The van der Waals surface area contributed by atoms with E-state index in [1.165, 1.54) is 22.9 Å². The number of ketones is 1. The van der Waals surface area contributed by atoms with E-state index in [-0.39, 0.29) is 11.3 Å². The van der Waals surface area contributed by atoms with Crippen LogP contribution in [0.25, 0.3) is 26.1 Å². The summed E-state index contributed by atoms with van der Waals surface area (Å²) in [6.07, 6.45) is 0. The van der Waals surface area contributed by atoms with Gasteiger partial charge in [-0.15, -0.1) is 16.4 Å². The number of aromatic nitrogens is 4. The van der Waals surface area contributed by atoms with Gasteiger partial charge in [-0.2, -0.15) is 4.68 Å². The number of benzene rings is 1. The Morgan fingerprint density at radius 3 is 2.64 bits per heavy atom. The fourth-order valence-corrected chi connectivity index (χ4v) is 4.56. The Kier molecular flexibility index (Phi) is 4.82. The number of Topliss-reactive ketones (excluding diaryl/α,β-unsaturated/α-hetero) is 1. The molecule has 0 N–H and O–H groups in total. The topological polar surface area (TPSA) is 87.0 Å². The number of carbonyl (C=O) groups is 1. The van der Waals surface area contributed by atoms with E-state index in [0.29, 0.717) is 28.1 Å². The zero-order valence-electron chi connectivity index (χ0n) is 15.3. The molecule has 3 aromatic heterocycles. The van der Waals surface area contributed by atoms with Gasteiger partial charge in [-0.1, -0.05) is 5.21 Å². The van der Waals surface area contributed by atoms with Crippen LogP contribution < -0.4 is 5.56 Å². The summed E-state index contributed by atoms with van der Waals surface area (Å²) < 4.78 is 7.88. The molecule has 0 unspecified atom stereocenters. The molecule has 9 heteroatoms. The van der Waals surface area contributed by atoms with Crippen molar-refractivity contribution in [1.82, 2.24) is 20.0 Å². The Labute approximate surface area is 172 Å². The average Bonchev–Trinajstić information content (AvgIpc) is 3.05. The molecule has 142 valence electrons. The number of hydrogen-bond donors (Lipinski definition) is 0. The number of halogens is 1. The SMILES string of the molecule is COCc1c(Br)c(C)nc2sc3c(=O)n(-c4ccc(C(C)=O)cc4)nnc3c12. The molecule has 0 amide bonds. The van der Waals surface area contributed by atoms with Crippen molar-refractivity contribution in [3.63, 3.8) is 0 Å². The third-order valence-electron chi connectivity index (χ3n) is 4.45. The molecule has 0 saturated heterocycles. The van der Waals surface area contributed by atoms with E-state index >= 15 is 0 Å². The molecule has 0 saturated carbocycles. The van der Waals surface area contributed by atoms with Crippen LogP contribution in [0.15, 0.2) is 33.5 Å². The van der Waals surface area contributed by atoms with Gasteiger partial charge in [0.25, 0.3) is 5.56 Å². The first kappa shape index (κ1) is 18.9. The third kappa shape index (κ3) is 2.95. The van der Waals surface area contributed by atoms with E-state index in [9.17, 15) is 9.59 Å². The first-order valence-corrected chi connectivity index (χ1v) is 10.0. The Hall–Kier alpha value is -2.49. The van der Waals surface area contributed by atoms with Gasteiger partial charge >= 0.3 is 0 Å². The van der Waals surface area contributed by atoms with Crippen LogP contribution in [0.1, 0.15) is 28.5 Å². The zero-order valence-corrected chi connectivity index (χ0v) is 17.7. The fourth-order valence-electron chi connectivity index (χ4n) is 3.04. The van der Waals surface area contributed by atoms with Crippen molar-refractivity contribution >= 4 is 53.5 Å². The molecule has 0 aliphatic rings. The molecule has 0 atom stereocenters. The fraction of sp³-hybridized carbons (Fsp3) is 0.211. The second-order valence-corrected chi connectivity index (χ2v) is 8.08. The minimum Gasteiger partial charge on any atom is -0.380 e. The van der Waals surface area contributed by atoms with Gasteiger partial charge in [0, 0.05) is 28.1 Å². The van der Waals surface area contributed by atoms with Gasteiger partial charge in [-0.05, 0) is 54.0 Å². The van der Waals surface area contributed by atoms with Crippen molar-refractivity contribution in [2.75, 3.05) is 7.11 Å². The predicted molar refractivity (Wildman–Crippen MR) is 111 cm³/mol. The lowest BCUT2D eigenvalue weighted by Gasteiger charge is -2.08. The highest BCUT2D eigenvalue weighted by Crippen LogP contribution is 2.36. The highest BCUT2D eigenvalue weighted by atomic mass is 79.9. The summed E-state index contributed by atoms with van der Waals surface area (Å²) in [5, 5.41) is 9.22. The van der Waals surface area contributed by atoms with Gasteiger partial charge < -0.3 is 4.74 Å².